The van der Waals surface area contributed by atoms with E-state index in [0.29, 0.717) is 11.4 Å². The number of ether oxygens (including phenoxy) is 1. The van der Waals surface area contributed by atoms with Gasteiger partial charge in [0, 0.05) is 20.6 Å². The average Bonchev–Trinajstić information content (AvgIpc) is 2.66. The van der Waals surface area contributed by atoms with Crippen molar-refractivity contribution in [3.05, 3.63) is 75.4 Å². The quantitative estimate of drug-likeness (QED) is 0.310. The smallest absolute Gasteiger partial charge is 0.313 e. The fourth-order valence-electron chi connectivity index (χ4n) is 3.52. The van der Waals surface area contributed by atoms with E-state index in [-0.39, 0.29) is 5.97 Å². The molecule has 0 N–H and O–H groups in total. The average molecular weight is 459 g/mol. The summed E-state index contributed by atoms with van der Waals surface area (Å²) in [5.41, 5.74) is 5.39. The molecule has 0 fully saturated rings. The Kier molecular flexibility index (Phi) is 6.21. The molecule has 3 nitrogen and oxygen atoms in total. The molecule has 0 saturated heterocycles. The molecule has 144 valence electrons. The molecule has 1 aromatic heterocycles. The Bertz CT molecular complexity index is 1060. The van der Waals surface area contributed by atoms with Crippen molar-refractivity contribution in [2.24, 2.45) is 0 Å². The number of benzene rings is 2. The monoisotopic (exact) mass is 457 g/mol. The van der Waals surface area contributed by atoms with E-state index in [1.165, 1.54) is 7.11 Å². The van der Waals surface area contributed by atoms with Crippen molar-refractivity contribution in [2.75, 3.05) is 7.11 Å². The third kappa shape index (κ3) is 4.13. The highest BCUT2D eigenvalue weighted by molar-refractivity contribution is 9.10. The van der Waals surface area contributed by atoms with Gasteiger partial charge < -0.3 is 4.74 Å². The van der Waals surface area contributed by atoms with E-state index in [2.05, 4.69) is 22.5 Å². The van der Waals surface area contributed by atoms with Gasteiger partial charge >= 0.3 is 5.97 Å². The molecular weight excluding hydrogens is 438 g/mol. The molecule has 1 unspecified atom stereocenters. The van der Waals surface area contributed by atoms with E-state index in [1.807, 2.05) is 56.3 Å². The molecule has 0 aliphatic rings. The van der Waals surface area contributed by atoms with Crippen LogP contribution in [0.2, 0.25) is 5.02 Å². The number of esters is 1. The molecule has 1 heterocycles. The fraction of sp³-hybridized carbons (Fsp3) is 0.217. The fourth-order valence-corrected chi connectivity index (χ4v) is 4.01. The standard InChI is InChI=1S/C23H21BrClNO2/c1-13(2)11-19(23(27)28-4)21-14(3)26-20-10-7-16(24)12-18(20)22(21)15-5-8-17(25)9-6-15/h5-10,12,19H,1,11H2,2-4H3. The van der Waals surface area contributed by atoms with Gasteiger partial charge in [-0.2, -0.15) is 0 Å². The molecule has 0 radical (unpaired) electrons. The van der Waals surface area contributed by atoms with Crippen molar-refractivity contribution in [1.82, 2.24) is 4.98 Å². The lowest BCUT2D eigenvalue weighted by molar-refractivity contribution is -0.142. The minimum absolute atomic E-state index is 0.294. The topological polar surface area (TPSA) is 39.2 Å². The predicted molar refractivity (Wildman–Crippen MR) is 119 cm³/mol. The van der Waals surface area contributed by atoms with Crippen LogP contribution in [0.3, 0.4) is 0 Å². The van der Waals surface area contributed by atoms with Crippen LogP contribution in [0.4, 0.5) is 0 Å². The molecule has 28 heavy (non-hydrogen) atoms. The molecule has 5 heteroatoms. The van der Waals surface area contributed by atoms with E-state index in [0.717, 1.165) is 43.3 Å². The Morgan fingerprint density at radius 2 is 1.93 bits per heavy atom. The molecule has 0 bridgehead atoms. The molecule has 0 aliphatic heterocycles. The van der Waals surface area contributed by atoms with Gasteiger partial charge in [-0.05, 0) is 67.3 Å². The van der Waals surface area contributed by atoms with Gasteiger partial charge in [0.15, 0.2) is 0 Å². The molecule has 3 aromatic rings. The molecular formula is C23H21BrClNO2. The van der Waals surface area contributed by atoms with E-state index in [9.17, 15) is 4.79 Å². The molecule has 2 aromatic carbocycles. The molecule has 0 aliphatic carbocycles. The van der Waals surface area contributed by atoms with Crippen LogP contribution in [0.25, 0.3) is 22.0 Å². The van der Waals surface area contributed by atoms with Crippen molar-refractivity contribution in [3.63, 3.8) is 0 Å². The van der Waals surface area contributed by atoms with Crippen LogP contribution >= 0.6 is 27.5 Å². The highest BCUT2D eigenvalue weighted by atomic mass is 79.9. The highest BCUT2D eigenvalue weighted by Gasteiger charge is 2.28. The summed E-state index contributed by atoms with van der Waals surface area (Å²) < 4.78 is 6.08. The SMILES string of the molecule is C=C(C)CC(C(=O)OC)c1c(C)nc2ccc(Br)cc2c1-c1ccc(Cl)cc1. The summed E-state index contributed by atoms with van der Waals surface area (Å²) in [7, 11) is 1.41. The first-order valence-electron chi connectivity index (χ1n) is 8.89. The number of carbonyl (C=O) groups is 1. The van der Waals surface area contributed by atoms with E-state index >= 15 is 0 Å². The number of pyridine rings is 1. The first kappa shape index (κ1) is 20.6. The molecule has 0 amide bonds. The minimum atomic E-state index is -0.482. The Hall–Kier alpha value is -2.17. The van der Waals surface area contributed by atoms with Crippen LogP contribution in [0.5, 0.6) is 0 Å². The number of fused-ring (bicyclic) bond motifs is 1. The number of halogens is 2. The van der Waals surface area contributed by atoms with Crippen molar-refractivity contribution in [3.8, 4) is 11.1 Å². The second-order valence-corrected chi connectivity index (χ2v) is 8.24. The summed E-state index contributed by atoms with van der Waals surface area (Å²) in [6, 6.07) is 13.6. The molecule has 1 atom stereocenters. The number of hydrogen-bond acceptors (Lipinski definition) is 3. The zero-order valence-corrected chi connectivity index (χ0v) is 18.4. The van der Waals surface area contributed by atoms with Gasteiger partial charge in [0.2, 0.25) is 0 Å². The Balaban J connectivity index is 2.41. The van der Waals surface area contributed by atoms with Crippen molar-refractivity contribution in [1.29, 1.82) is 0 Å². The third-order valence-electron chi connectivity index (χ3n) is 4.69. The van der Waals surface area contributed by atoms with Gasteiger partial charge in [-0.15, -0.1) is 6.58 Å². The first-order chi connectivity index (χ1) is 13.3. The van der Waals surface area contributed by atoms with Gasteiger partial charge in [0.05, 0.1) is 18.5 Å². The van der Waals surface area contributed by atoms with Crippen LogP contribution in [-0.2, 0) is 9.53 Å². The van der Waals surface area contributed by atoms with Crippen molar-refractivity contribution >= 4 is 44.4 Å². The van der Waals surface area contributed by atoms with Gasteiger partial charge in [-0.25, -0.2) is 0 Å². The zero-order chi connectivity index (χ0) is 20.4. The number of nitrogens with zero attached hydrogens (tertiary/aromatic N) is 1. The molecule has 0 saturated carbocycles. The third-order valence-corrected chi connectivity index (χ3v) is 5.44. The highest BCUT2D eigenvalue weighted by Crippen LogP contribution is 2.40. The van der Waals surface area contributed by atoms with E-state index in [4.69, 9.17) is 21.3 Å². The summed E-state index contributed by atoms with van der Waals surface area (Å²) in [5, 5.41) is 1.63. The number of rotatable bonds is 5. The number of aromatic nitrogens is 1. The number of aryl methyl sites for hydroxylation is 1. The van der Waals surface area contributed by atoms with Crippen LogP contribution in [0.15, 0.2) is 59.1 Å². The maximum Gasteiger partial charge on any atom is 0.313 e. The first-order valence-corrected chi connectivity index (χ1v) is 10.1. The summed E-state index contributed by atoms with van der Waals surface area (Å²) in [5.74, 6) is -0.776. The number of hydrogen-bond donors (Lipinski definition) is 0. The predicted octanol–water partition coefficient (Wildman–Crippen LogP) is 6.85. The van der Waals surface area contributed by atoms with Crippen molar-refractivity contribution < 1.29 is 9.53 Å². The Morgan fingerprint density at radius 3 is 2.54 bits per heavy atom. The number of methoxy groups -OCH3 is 1. The largest absolute Gasteiger partial charge is 0.469 e. The lowest BCUT2D eigenvalue weighted by Crippen LogP contribution is -2.18. The second-order valence-electron chi connectivity index (χ2n) is 6.89. The zero-order valence-electron chi connectivity index (χ0n) is 16.1. The second kappa shape index (κ2) is 8.46. The van der Waals surface area contributed by atoms with E-state index in [1.54, 1.807) is 0 Å². The van der Waals surface area contributed by atoms with Crippen LogP contribution in [0.1, 0.15) is 30.5 Å². The minimum Gasteiger partial charge on any atom is -0.469 e. The van der Waals surface area contributed by atoms with Gasteiger partial charge in [0.25, 0.3) is 0 Å². The van der Waals surface area contributed by atoms with Crippen molar-refractivity contribution in [2.45, 2.75) is 26.2 Å². The molecule has 0 spiro atoms. The Morgan fingerprint density at radius 1 is 1.25 bits per heavy atom. The number of allylic oxidation sites excluding steroid dienone is 1. The maximum absolute atomic E-state index is 12.7. The summed E-state index contributed by atoms with van der Waals surface area (Å²) >= 11 is 9.67. The van der Waals surface area contributed by atoms with E-state index < -0.39 is 5.92 Å². The van der Waals surface area contributed by atoms with Crippen LogP contribution in [0, 0.1) is 6.92 Å². The Labute approximate surface area is 178 Å². The van der Waals surface area contributed by atoms with Gasteiger partial charge in [-0.1, -0.05) is 45.2 Å². The normalized spacial score (nSPS) is 12.0. The van der Waals surface area contributed by atoms with Crippen LogP contribution < -0.4 is 0 Å². The van der Waals surface area contributed by atoms with Gasteiger partial charge in [-0.3, -0.25) is 9.78 Å². The lowest BCUT2D eigenvalue weighted by atomic mass is 9.84. The maximum atomic E-state index is 12.7. The summed E-state index contributed by atoms with van der Waals surface area (Å²) in [6.45, 7) is 7.85. The summed E-state index contributed by atoms with van der Waals surface area (Å²) in [4.78, 5) is 17.5. The van der Waals surface area contributed by atoms with Gasteiger partial charge in [0.1, 0.15) is 0 Å². The molecule has 3 rings (SSSR count). The summed E-state index contributed by atoms with van der Waals surface area (Å²) in [6.07, 6.45) is 0.495. The lowest BCUT2D eigenvalue weighted by Gasteiger charge is -2.22. The van der Waals surface area contributed by atoms with Crippen LogP contribution in [-0.4, -0.2) is 18.1 Å². The number of carbonyl (C=O) groups excluding carboxylic acids is 1.